The third-order valence-corrected chi connectivity index (χ3v) is 6.86. The molecule has 1 unspecified atom stereocenters. The monoisotopic (exact) mass is 466 g/mol. The van der Waals surface area contributed by atoms with Crippen LogP contribution in [0.2, 0.25) is 0 Å². The van der Waals surface area contributed by atoms with Crippen LogP contribution < -0.4 is 5.32 Å². The fourth-order valence-corrected chi connectivity index (χ4v) is 4.85. The summed E-state index contributed by atoms with van der Waals surface area (Å²) in [6, 6.07) is 26.1. The fourth-order valence-electron chi connectivity index (χ4n) is 4.85. The number of nitrogens with one attached hydrogen (secondary N) is 1. The van der Waals surface area contributed by atoms with Crippen molar-refractivity contribution >= 4 is 5.91 Å². The molecule has 3 nitrogen and oxygen atoms in total. The van der Waals surface area contributed by atoms with Crippen LogP contribution in [-0.4, -0.2) is 42.7 Å². The maximum absolute atomic E-state index is 14.0. The van der Waals surface area contributed by atoms with Crippen LogP contribution in [0, 0.1) is 0 Å². The third kappa shape index (κ3) is 5.68. The van der Waals surface area contributed by atoms with Gasteiger partial charge >= 0.3 is 6.18 Å². The molecule has 1 aliphatic rings. The van der Waals surface area contributed by atoms with Gasteiger partial charge in [-0.15, -0.1) is 0 Å². The minimum atomic E-state index is -4.32. The van der Waals surface area contributed by atoms with E-state index in [-0.39, 0.29) is 12.3 Å². The second-order valence-electron chi connectivity index (χ2n) is 8.98. The lowest BCUT2D eigenvalue weighted by atomic mass is 9.72. The Labute approximate surface area is 198 Å². The van der Waals surface area contributed by atoms with Gasteiger partial charge in [0, 0.05) is 17.5 Å². The summed E-state index contributed by atoms with van der Waals surface area (Å²) in [6.45, 7) is 1.01. The van der Waals surface area contributed by atoms with E-state index in [0.717, 1.165) is 5.56 Å². The van der Waals surface area contributed by atoms with Gasteiger partial charge in [0.1, 0.15) is 6.04 Å². The molecule has 1 heterocycles. The zero-order chi connectivity index (χ0) is 24.0. The first-order valence-corrected chi connectivity index (χ1v) is 11.6. The van der Waals surface area contributed by atoms with E-state index in [2.05, 4.69) is 5.32 Å². The Morgan fingerprint density at radius 3 is 1.94 bits per heavy atom. The van der Waals surface area contributed by atoms with Crippen molar-refractivity contribution in [2.75, 3.05) is 19.6 Å². The molecule has 1 saturated heterocycles. The molecule has 178 valence electrons. The molecule has 3 aromatic carbocycles. The maximum Gasteiger partial charge on any atom is 0.404 e. The van der Waals surface area contributed by atoms with Gasteiger partial charge in [-0.3, -0.25) is 9.69 Å². The lowest BCUT2D eigenvalue weighted by Crippen LogP contribution is -2.55. The number of hydrogen-bond donors (Lipinski definition) is 1. The summed E-state index contributed by atoms with van der Waals surface area (Å²) >= 11 is 0. The third-order valence-electron chi connectivity index (χ3n) is 6.86. The van der Waals surface area contributed by atoms with Crippen LogP contribution in [0.5, 0.6) is 0 Å². The highest BCUT2D eigenvalue weighted by atomic mass is 19.4. The van der Waals surface area contributed by atoms with E-state index in [9.17, 15) is 18.0 Å². The van der Waals surface area contributed by atoms with Gasteiger partial charge in [-0.2, -0.15) is 13.2 Å². The van der Waals surface area contributed by atoms with Crippen molar-refractivity contribution in [1.82, 2.24) is 10.2 Å². The van der Waals surface area contributed by atoms with E-state index < -0.39 is 17.6 Å². The Balaban J connectivity index is 1.51. The van der Waals surface area contributed by atoms with Crippen LogP contribution in [0.25, 0.3) is 0 Å². The van der Waals surface area contributed by atoms with Crippen molar-refractivity contribution in [2.24, 2.45) is 0 Å². The molecule has 34 heavy (non-hydrogen) atoms. The number of carbonyl (C=O) groups excluding carboxylic acids is 1. The highest BCUT2D eigenvalue weighted by Gasteiger charge is 2.46. The molecule has 6 heteroatoms. The average Bonchev–Trinajstić information content (AvgIpc) is 2.87. The number of halogens is 3. The quantitative estimate of drug-likeness (QED) is 0.490. The van der Waals surface area contributed by atoms with Gasteiger partial charge in [-0.25, -0.2) is 0 Å². The predicted octanol–water partition coefficient (Wildman–Crippen LogP) is 5.62. The van der Waals surface area contributed by atoms with E-state index in [1.807, 2.05) is 54.6 Å². The minimum absolute atomic E-state index is 0.0621. The van der Waals surface area contributed by atoms with Gasteiger partial charge in [0.05, 0.1) is 0 Å². The highest BCUT2D eigenvalue weighted by molar-refractivity contribution is 5.94. The second-order valence-corrected chi connectivity index (χ2v) is 8.98. The SMILES string of the molecule is O=C(NCC1(c2ccccc2)CCN(C(Cc2ccccc2)C(F)(F)F)CC1)c1ccccc1. The summed E-state index contributed by atoms with van der Waals surface area (Å²) in [5.41, 5.74) is 1.89. The molecule has 0 aliphatic carbocycles. The van der Waals surface area contributed by atoms with Crippen LogP contribution in [0.15, 0.2) is 91.0 Å². The van der Waals surface area contributed by atoms with Crippen molar-refractivity contribution in [2.45, 2.75) is 36.9 Å². The van der Waals surface area contributed by atoms with Gasteiger partial charge in [0.2, 0.25) is 0 Å². The van der Waals surface area contributed by atoms with Crippen LogP contribution in [0.4, 0.5) is 13.2 Å². The van der Waals surface area contributed by atoms with Crippen LogP contribution >= 0.6 is 0 Å². The summed E-state index contributed by atoms with van der Waals surface area (Å²) in [7, 11) is 0. The van der Waals surface area contributed by atoms with E-state index in [1.165, 1.54) is 0 Å². The lowest BCUT2D eigenvalue weighted by Gasteiger charge is -2.45. The zero-order valence-electron chi connectivity index (χ0n) is 19.0. The van der Waals surface area contributed by atoms with E-state index >= 15 is 0 Å². The number of benzene rings is 3. The number of nitrogens with zero attached hydrogens (tertiary/aromatic N) is 1. The molecule has 1 amide bonds. The Kier molecular flexibility index (Phi) is 7.37. The second kappa shape index (κ2) is 10.4. The number of hydrogen-bond acceptors (Lipinski definition) is 2. The first kappa shape index (κ1) is 24.0. The van der Waals surface area contributed by atoms with Gasteiger partial charge in [-0.1, -0.05) is 78.9 Å². The Hall–Kier alpha value is -3.12. The largest absolute Gasteiger partial charge is 0.404 e. The van der Waals surface area contributed by atoms with E-state index in [0.29, 0.717) is 43.6 Å². The van der Waals surface area contributed by atoms with Crippen LogP contribution in [0.3, 0.4) is 0 Å². The molecule has 3 aromatic rings. The van der Waals surface area contributed by atoms with Crippen molar-refractivity contribution < 1.29 is 18.0 Å². The Bertz CT molecular complexity index is 1050. The molecule has 1 N–H and O–H groups in total. The van der Waals surface area contributed by atoms with Gasteiger partial charge in [0.15, 0.2) is 0 Å². The van der Waals surface area contributed by atoms with Gasteiger partial charge in [-0.05, 0) is 55.6 Å². The van der Waals surface area contributed by atoms with Crippen molar-refractivity contribution in [3.63, 3.8) is 0 Å². The van der Waals surface area contributed by atoms with Crippen LogP contribution in [-0.2, 0) is 11.8 Å². The number of amides is 1. The first-order chi connectivity index (χ1) is 16.4. The van der Waals surface area contributed by atoms with Crippen molar-refractivity contribution in [3.05, 3.63) is 108 Å². The van der Waals surface area contributed by atoms with Crippen molar-refractivity contribution in [3.8, 4) is 0 Å². The van der Waals surface area contributed by atoms with Gasteiger partial charge in [0.25, 0.3) is 5.91 Å². The summed E-state index contributed by atoms with van der Waals surface area (Å²) < 4.78 is 42.1. The zero-order valence-corrected chi connectivity index (χ0v) is 19.0. The lowest BCUT2D eigenvalue weighted by molar-refractivity contribution is -0.187. The molecular weight excluding hydrogens is 437 g/mol. The molecule has 0 saturated carbocycles. The Morgan fingerprint density at radius 1 is 0.853 bits per heavy atom. The topological polar surface area (TPSA) is 32.3 Å². The molecule has 1 fully saturated rings. The number of carbonyl (C=O) groups is 1. The molecular formula is C28H29F3N2O. The number of piperidine rings is 1. The molecule has 0 bridgehead atoms. The molecule has 1 aliphatic heterocycles. The Morgan fingerprint density at radius 2 is 1.38 bits per heavy atom. The normalized spacial score (nSPS) is 17.1. The van der Waals surface area contributed by atoms with Gasteiger partial charge < -0.3 is 5.32 Å². The number of alkyl halides is 3. The summed E-state index contributed by atoms with van der Waals surface area (Å²) in [5, 5.41) is 3.04. The van der Waals surface area contributed by atoms with Crippen molar-refractivity contribution in [1.29, 1.82) is 0 Å². The van der Waals surface area contributed by atoms with E-state index in [1.54, 1.807) is 41.3 Å². The predicted molar refractivity (Wildman–Crippen MR) is 128 cm³/mol. The maximum atomic E-state index is 14.0. The minimum Gasteiger partial charge on any atom is -0.351 e. The number of rotatable bonds is 7. The molecule has 1 atom stereocenters. The van der Waals surface area contributed by atoms with Crippen LogP contribution in [0.1, 0.15) is 34.3 Å². The van der Waals surface area contributed by atoms with E-state index in [4.69, 9.17) is 0 Å². The smallest absolute Gasteiger partial charge is 0.351 e. The average molecular weight is 467 g/mol. The summed E-state index contributed by atoms with van der Waals surface area (Å²) in [4.78, 5) is 14.3. The molecule has 4 rings (SSSR count). The standard InChI is InChI=1S/C28H29F3N2O/c29-28(30,31)25(20-22-10-4-1-5-11-22)33-18-16-27(17-19-33,24-14-8-3-9-15-24)21-32-26(34)23-12-6-2-7-13-23/h1-15,25H,16-21H2,(H,32,34). The number of likely N-dealkylation sites (tertiary alicyclic amines) is 1. The summed E-state index contributed by atoms with van der Waals surface area (Å²) in [6.07, 6.45) is -3.31. The highest BCUT2D eigenvalue weighted by Crippen LogP contribution is 2.38. The molecule has 0 radical (unpaired) electrons. The summed E-state index contributed by atoms with van der Waals surface area (Å²) in [5.74, 6) is -0.171. The first-order valence-electron chi connectivity index (χ1n) is 11.6. The molecule has 0 spiro atoms. The fraction of sp³-hybridized carbons (Fsp3) is 0.321. The molecule has 0 aromatic heterocycles.